The summed E-state index contributed by atoms with van der Waals surface area (Å²) >= 11 is 0. The first-order chi connectivity index (χ1) is 21.5. The van der Waals surface area contributed by atoms with Crippen LogP contribution in [0.25, 0.3) is 22.4 Å². The Balaban J connectivity index is 1.25. The summed E-state index contributed by atoms with van der Waals surface area (Å²) in [6, 6.07) is 14.4. The Kier molecular flexibility index (Phi) is 8.26. The van der Waals surface area contributed by atoms with E-state index in [1.807, 2.05) is 35.8 Å². The number of hydrogen-bond donors (Lipinski definition) is 1. The standard InChI is InChI=1S/C33H32F3N7O2/c1-21-4-7-25(45-32-29-27(10-13-42(29)3)38-30(40-32)22-8-11-37-12-9-22)19-28(21)39-31(44)23-5-6-24(26(18-23)33(34,35)36)20-43-16-14-41(2)15-17-43/h4-13,18-19H,14-17,20H2,1-3H3,(H,39,44). The van der Waals surface area contributed by atoms with Gasteiger partial charge in [0.15, 0.2) is 5.82 Å². The van der Waals surface area contributed by atoms with Crippen molar-refractivity contribution in [2.24, 2.45) is 7.05 Å². The molecule has 1 fully saturated rings. The number of carbonyl (C=O) groups is 1. The lowest BCUT2D eigenvalue weighted by atomic mass is 10.0. The fraction of sp³-hybridized carbons (Fsp3) is 0.273. The number of benzene rings is 2. The van der Waals surface area contributed by atoms with Gasteiger partial charge in [-0.05, 0) is 61.5 Å². The van der Waals surface area contributed by atoms with Crippen molar-refractivity contribution in [3.63, 3.8) is 0 Å². The number of pyridine rings is 1. The van der Waals surface area contributed by atoms with E-state index in [9.17, 15) is 18.0 Å². The highest BCUT2D eigenvalue weighted by atomic mass is 19.4. The number of ether oxygens (including phenoxy) is 1. The predicted molar refractivity (Wildman–Crippen MR) is 165 cm³/mol. The highest BCUT2D eigenvalue weighted by Crippen LogP contribution is 2.35. The molecule has 0 saturated carbocycles. The summed E-state index contributed by atoms with van der Waals surface area (Å²) in [6.45, 7) is 4.92. The fourth-order valence-electron chi connectivity index (χ4n) is 5.33. The minimum Gasteiger partial charge on any atom is -0.437 e. The third-order valence-electron chi connectivity index (χ3n) is 7.97. The third-order valence-corrected chi connectivity index (χ3v) is 7.97. The minimum atomic E-state index is -4.60. The van der Waals surface area contributed by atoms with Crippen molar-refractivity contribution in [1.29, 1.82) is 0 Å². The number of aromatic nitrogens is 4. The molecule has 1 aliphatic heterocycles. The van der Waals surface area contributed by atoms with Gasteiger partial charge in [-0.1, -0.05) is 12.1 Å². The molecule has 1 amide bonds. The Morgan fingerprint density at radius 1 is 0.956 bits per heavy atom. The summed E-state index contributed by atoms with van der Waals surface area (Å²) in [5.41, 5.74) is 2.51. The number of nitrogens with one attached hydrogen (secondary N) is 1. The molecule has 3 aromatic heterocycles. The Hall–Kier alpha value is -4.81. The van der Waals surface area contributed by atoms with E-state index in [4.69, 9.17) is 4.74 Å². The number of hydrogen-bond acceptors (Lipinski definition) is 7. The molecular formula is C33H32F3N7O2. The number of alkyl halides is 3. The molecule has 9 nitrogen and oxygen atoms in total. The molecule has 0 spiro atoms. The van der Waals surface area contributed by atoms with E-state index in [2.05, 4.69) is 25.2 Å². The molecule has 5 aromatic rings. The molecule has 1 N–H and O–H groups in total. The summed E-state index contributed by atoms with van der Waals surface area (Å²) in [6.07, 6.45) is 0.565. The van der Waals surface area contributed by atoms with Gasteiger partial charge in [-0.3, -0.25) is 14.7 Å². The molecule has 2 aromatic carbocycles. The van der Waals surface area contributed by atoms with Crippen LogP contribution in [0, 0.1) is 6.92 Å². The quantitative estimate of drug-likeness (QED) is 0.235. The second kappa shape index (κ2) is 12.3. The molecule has 1 aliphatic rings. The van der Waals surface area contributed by atoms with E-state index < -0.39 is 17.6 Å². The van der Waals surface area contributed by atoms with E-state index >= 15 is 0 Å². The van der Waals surface area contributed by atoms with Gasteiger partial charge in [0.25, 0.3) is 5.91 Å². The van der Waals surface area contributed by atoms with Crippen LogP contribution >= 0.6 is 0 Å². The van der Waals surface area contributed by atoms with Crippen LogP contribution in [0.5, 0.6) is 11.6 Å². The largest absolute Gasteiger partial charge is 0.437 e. The van der Waals surface area contributed by atoms with Crippen LogP contribution in [0.1, 0.15) is 27.0 Å². The Morgan fingerprint density at radius 3 is 2.44 bits per heavy atom. The van der Waals surface area contributed by atoms with Gasteiger partial charge in [-0.2, -0.15) is 18.2 Å². The zero-order chi connectivity index (χ0) is 31.7. The average molecular weight is 616 g/mol. The molecular weight excluding hydrogens is 583 g/mol. The highest BCUT2D eigenvalue weighted by molar-refractivity contribution is 6.05. The lowest BCUT2D eigenvalue weighted by molar-refractivity contribution is -0.138. The van der Waals surface area contributed by atoms with E-state index in [0.717, 1.165) is 24.7 Å². The van der Waals surface area contributed by atoms with Gasteiger partial charge in [0, 0.05) is 81.2 Å². The van der Waals surface area contributed by atoms with Gasteiger partial charge in [-0.25, -0.2) is 4.98 Å². The van der Waals surface area contributed by atoms with Crippen molar-refractivity contribution < 1.29 is 22.7 Å². The molecule has 12 heteroatoms. The summed E-state index contributed by atoms with van der Waals surface area (Å²) < 4.78 is 50.5. The lowest BCUT2D eigenvalue weighted by Gasteiger charge is -2.33. The van der Waals surface area contributed by atoms with Crippen molar-refractivity contribution in [1.82, 2.24) is 29.3 Å². The van der Waals surface area contributed by atoms with E-state index in [-0.39, 0.29) is 17.7 Å². The monoisotopic (exact) mass is 615 g/mol. The number of nitrogens with zero attached hydrogens (tertiary/aromatic N) is 6. The second-order valence-corrected chi connectivity index (χ2v) is 11.2. The number of fused-ring (bicyclic) bond motifs is 1. The topological polar surface area (TPSA) is 88.4 Å². The Morgan fingerprint density at radius 2 is 1.71 bits per heavy atom. The van der Waals surface area contributed by atoms with Crippen molar-refractivity contribution in [3.05, 3.63) is 95.4 Å². The Labute approximate surface area is 258 Å². The Bertz CT molecular complexity index is 1850. The van der Waals surface area contributed by atoms with Crippen LogP contribution < -0.4 is 10.1 Å². The van der Waals surface area contributed by atoms with E-state index in [0.29, 0.717) is 52.8 Å². The van der Waals surface area contributed by atoms with Gasteiger partial charge < -0.3 is 19.5 Å². The van der Waals surface area contributed by atoms with Crippen molar-refractivity contribution in [2.45, 2.75) is 19.6 Å². The summed E-state index contributed by atoms with van der Waals surface area (Å²) in [5.74, 6) is 0.504. The summed E-state index contributed by atoms with van der Waals surface area (Å²) in [5, 5.41) is 2.77. The number of piperazine rings is 1. The van der Waals surface area contributed by atoms with Crippen LogP contribution in [0.2, 0.25) is 0 Å². The molecule has 4 heterocycles. The molecule has 232 valence electrons. The molecule has 45 heavy (non-hydrogen) atoms. The first-order valence-corrected chi connectivity index (χ1v) is 14.5. The number of anilines is 1. The molecule has 0 atom stereocenters. The number of halogens is 3. The molecule has 6 rings (SSSR count). The third kappa shape index (κ3) is 6.66. The zero-order valence-electron chi connectivity index (χ0n) is 25.1. The van der Waals surface area contributed by atoms with Crippen molar-refractivity contribution in [2.75, 3.05) is 38.5 Å². The molecule has 1 saturated heterocycles. The van der Waals surface area contributed by atoms with Crippen LogP contribution in [0.4, 0.5) is 18.9 Å². The smallest absolute Gasteiger partial charge is 0.416 e. The van der Waals surface area contributed by atoms with Crippen molar-refractivity contribution in [3.8, 4) is 23.0 Å². The maximum Gasteiger partial charge on any atom is 0.416 e. The van der Waals surface area contributed by atoms with Gasteiger partial charge >= 0.3 is 6.18 Å². The van der Waals surface area contributed by atoms with E-state index in [1.165, 1.54) is 12.1 Å². The van der Waals surface area contributed by atoms with Gasteiger partial charge in [0.2, 0.25) is 5.88 Å². The van der Waals surface area contributed by atoms with Crippen LogP contribution in [-0.2, 0) is 19.8 Å². The van der Waals surface area contributed by atoms with Crippen LogP contribution in [0.3, 0.4) is 0 Å². The number of rotatable bonds is 7. The van der Waals surface area contributed by atoms with Crippen LogP contribution in [0.15, 0.2) is 73.2 Å². The molecule has 0 radical (unpaired) electrons. The molecule has 0 bridgehead atoms. The first kappa shape index (κ1) is 30.2. The first-order valence-electron chi connectivity index (χ1n) is 14.5. The van der Waals surface area contributed by atoms with Gasteiger partial charge in [-0.15, -0.1) is 0 Å². The number of likely N-dealkylation sites (N-methyl/N-ethyl adjacent to an activating group) is 1. The predicted octanol–water partition coefficient (Wildman–Crippen LogP) is 6.15. The second-order valence-electron chi connectivity index (χ2n) is 11.2. The summed E-state index contributed by atoms with van der Waals surface area (Å²) in [4.78, 5) is 30.8. The SMILES string of the molecule is Cc1ccc(Oc2nc(-c3ccncc3)nc3ccn(C)c23)cc1NC(=O)c1ccc(CN2CCN(C)CC2)c(C(F)(F)F)c1. The van der Waals surface area contributed by atoms with Crippen molar-refractivity contribution >= 4 is 22.6 Å². The normalized spacial score (nSPS) is 14.5. The number of amides is 1. The fourth-order valence-corrected chi connectivity index (χ4v) is 5.33. The lowest BCUT2D eigenvalue weighted by Crippen LogP contribution is -2.44. The molecule has 0 unspecified atom stereocenters. The minimum absolute atomic E-state index is 0.0847. The van der Waals surface area contributed by atoms with Gasteiger partial charge in [0.1, 0.15) is 11.3 Å². The number of aryl methyl sites for hydroxylation is 2. The average Bonchev–Trinajstić information content (AvgIpc) is 3.40. The van der Waals surface area contributed by atoms with Gasteiger partial charge in [0.05, 0.1) is 11.1 Å². The maximum atomic E-state index is 14.1. The van der Waals surface area contributed by atoms with Crippen LogP contribution in [-0.4, -0.2) is 68.5 Å². The zero-order valence-corrected chi connectivity index (χ0v) is 25.1. The molecule has 0 aliphatic carbocycles. The highest BCUT2D eigenvalue weighted by Gasteiger charge is 2.34. The van der Waals surface area contributed by atoms with E-state index in [1.54, 1.807) is 49.6 Å². The maximum absolute atomic E-state index is 14.1. The summed E-state index contributed by atoms with van der Waals surface area (Å²) in [7, 11) is 3.85. The number of carbonyl (C=O) groups excluding carboxylic acids is 1.